The largest absolute Gasteiger partial charge is 0.399 e. The van der Waals surface area contributed by atoms with Gasteiger partial charge in [0.05, 0.1) is 0 Å². The minimum Gasteiger partial charge on any atom is -0.399 e. The van der Waals surface area contributed by atoms with Gasteiger partial charge >= 0.3 is 0 Å². The number of benzene rings is 1. The molecule has 17 heavy (non-hydrogen) atoms. The monoisotopic (exact) mass is 229 g/mol. The molecule has 0 unspecified atom stereocenters. The standard InChI is InChI=1S/C12H15N5/c1-14-11-7-12(16-8-15-11)17(2)10-5-3-9(13)4-6-10/h3-8H,13H2,1-2H3,(H,14,15,16). The molecule has 0 fully saturated rings. The molecule has 1 aromatic heterocycles. The van der Waals surface area contributed by atoms with Crippen LogP contribution in [0.2, 0.25) is 0 Å². The zero-order valence-electron chi connectivity index (χ0n) is 9.88. The van der Waals surface area contributed by atoms with E-state index >= 15 is 0 Å². The van der Waals surface area contributed by atoms with Gasteiger partial charge in [0.2, 0.25) is 0 Å². The van der Waals surface area contributed by atoms with Gasteiger partial charge in [-0.2, -0.15) is 0 Å². The molecule has 5 nitrogen and oxygen atoms in total. The lowest BCUT2D eigenvalue weighted by atomic mass is 10.2. The maximum Gasteiger partial charge on any atom is 0.138 e. The molecular weight excluding hydrogens is 214 g/mol. The van der Waals surface area contributed by atoms with Crippen molar-refractivity contribution in [2.75, 3.05) is 30.0 Å². The highest BCUT2D eigenvalue weighted by Crippen LogP contribution is 2.23. The van der Waals surface area contributed by atoms with Crippen molar-refractivity contribution >= 4 is 23.0 Å². The van der Waals surface area contributed by atoms with E-state index in [9.17, 15) is 0 Å². The van der Waals surface area contributed by atoms with Gasteiger partial charge < -0.3 is 16.0 Å². The van der Waals surface area contributed by atoms with Gasteiger partial charge in [-0.15, -0.1) is 0 Å². The van der Waals surface area contributed by atoms with E-state index < -0.39 is 0 Å². The minimum absolute atomic E-state index is 0.751. The van der Waals surface area contributed by atoms with Gasteiger partial charge in [-0.3, -0.25) is 0 Å². The summed E-state index contributed by atoms with van der Waals surface area (Å²) >= 11 is 0. The highest BCUT2D eigenvalue weighted by molar-refractivity contribution is 5.63. The molecule has 0 spiro atoms. The molecule has 0 amide bonds. The van der Waals surface area contributed by atoms with Crippen LogP contribution in [0.25, 0.3) is 0 Å². The maximum absolute atomic E-state index is 5.66. The quantitative estimate of drug-likeness (QED) is 0.786. The third-order valence-electron chi connectivity index (χ3n) is 2.53. The number of nitrogens with two attached hydrogens (primary N) is 1. The van der Waals surface area contributed by atoms with Gasteiger partial charge in [-0.05, 0) is 24.3 Å². The third-order valence-corrected chi connectivity index (χ3v) is 2.53. The van der Waals surface area contributed by atoms with Crippen LogP contribution in [0.4, 0.5) is 23.0 Å². The summed E-state index contributed by atoms with van der Waals surface area (Å²) in [5, 5.41) is 2.99. The molecule has 0 bridgehead atoms. The number of nitrogen functional groups attached to an aromatic ring is 1. The fraction of sp³-hybridized carbons (Fsp3) is 0.167. The lowest BCUT2D eigenvalue weighted by Crippen LogP contribution is -2.11. The fourth-order valence-electron chi connectivity index (χ4n) is 1.50. The van der Waals surface area contributed by atoms with Crippen molar-refractivity contribution in [3.63, 3.8) is 0 Å². The summed E-state index contributed by atoms with van der Waals surface area (Å²) in [7, 11) is 3.78. The van der Waals surface area contributed by atoms with Gasteiger partial charge in [0.25, 0.3) is 0 Å². The Morgan fingerprint density at radius 3 is 2.53 bits per heavy atom. The highest BCUT2D eigenvalue weighted by atomic mass is 15.2. The van der Waals surface area contributed by atoms with Crippen molar-refractivity contribution in [1.82, 2.24) is 9.97 Å². The molecule has 88 valence electrons. The Hall–Kier alpha value is -2.30. The third kappa shape index (κ3) is 2.44. The van der Waals surface area contributed by atoms with E-state index in [1.165, 1.54) is 6.33 Å². The molecular formula is C12H15N5. The summed E-state index contributed by atoms with van der Waals surface area (Å²) < 4.78 is 0. The summed E-state index contributed by atoms with van der Waals surface area (Å²) in [4.78, 5) is 10.3. The Morgan fingerprint density at radius 2 is 1.88 bits per heavy atom. The summed E-state index contributed by atoms with van der Waals surface area (Å²) in [6.45, 7) is 0. The van der Waals surface area contributed by atoms with E-state index in [1.807, 2.05) is 49.3 Å². The van der Waals surface area contributed by atoms with E-state index in [4.69, 9.17) is 5.73 Å². The Kier molecular flexibility index (Phi) is 3.09. The lowest BCUT2D eigenvalue weighted by Gasteiger charge is -2.18. The minimum atomic E-state index is 0.751. The van der Waals surface area contributed by atoms with Crippen LogP contribution in [-0.2, 0) is 0 Å². The number of rotatable bonds is 3. The van der Waals surface area contributed by atoms with Crippen LogP contribution >= 0.6 is 0 Å². The van der Waals surface area contributed by atoms with Crippen LogP contribution in [-0.4, -0.2) is 24.1 Å². The summed E-state index contributed by atoms with van der Waals surface area (Å²) in [5.41, 5.74) is 7.44. The van der Waals surface area contributed by atoms with Crippen molar-refractivity contribution in [2.45, 2.75) is 0 Å². The van der Waals surface area contributed by atoms with Gasteiger partial charge in [-0.25, -0.2) is 9.97 Å². The molecule has 0 saturated heterocycles. The summed E-state index contributed by atoms with van der Waals surface area (Å²) in [6, 6.07) is 9.53. The smallest absolute Gasteiger partial charge is 0.138 e. The van der Waals surface area contributed by atoms with E-state index in [1.54, 1.807) is 0 Å². The van der Waals surface area contributed by atoms with Gasteiger partial charge in [0, 0.05) is 31.5 Å². The first-order valence-corrected chi connectivity index (χ1v) is 5.30. The summed E-state index contributed by atoms with van der Waals surface area (Å²) in [5.74, 6) is 1.62. The first kappa shape index (κ1) is 11.2. The molecule has 0 saturated carbocycles. The molecule has 5 heteroatoms. The SMILES string of the molecule is CNc1cc(N(C)c2ccc(N)cc2)ncn1. The molecule has 2 aromatic rings. The predicted octanol–water partition coefficient (Wildman–Crippen LogP) is 1.87. The van der Waals surface area contributed by atoms with Crippen LogP contribution in [0.1, 0.15) is 0 Å². The van der Waals surface area contributed by atoms with Crippen LogP contribution in [0.5, 0.6) is 0 Å². The topological polar surface area (TPSA) is 67.1 Å². The Labute approximate surface area is 100 Å². The van der Waals surface area contributed by atoms with Crippen LogP contribution < -0.4 is 16.0 Å². The summed E-state index contributed by atoms with van der Waals surface area (Å²) in [6.07, 6.45) is 1.54. The van der Waals surface area contributed by atoms with Crippen LogP contribution in [0, 0.1) is 0 Å². The van der Waals surface area contributed by atoms with Crippen molar-refractivity contribution in [3.05, 3.63) is 36.7 Å². The Balaban J connectivity index is 2.29. The van der Waals surface area contributed by atoms with Crippen molar-refractivity contribution < 1.29 is 0 Å². The molecule has 3 N–H and O–H groups in total. The number of hydrogen-bond acceptors (Lipinski definition) is 5. The van der Waals surface area contributed by atoms with E-state index in [0.717, 1.165) is 23.0 Å². The van der Waals surface area contributed by atoms with Crippen molar-refractivity contribution in [1.29, 1.82) is 0 Å². The second-order valence-corrected chi connectivity index (χ2v) is 3.66. The van der Waals surface area contributed by atoms with Gasteiger partial charge in [-0.1, -0.05) is 0 Å². The normalized spacial score (nSPS) is 10.0. The fourth-order valence-corrected chi connectivity index (χ4v) is 1.50. The van der Waals surface area contributed by atoms with Crippen LogP contribution in [0.15, 0.2) is 36.7 Å². The zero-order chi connectivity index (χ0) is 12.3. The predicted molar refractivity (Wildman–Crippen MR) is 70.5 cm³/mol. The maximum atomic E-state index is 5.66. The second-order valence-electron chi connectivity index (χ2n) is 3.66. The zero-order valence-corrected chi connectivity index (χ0v) is 9.88. The van der Waals surface area contributed by atoms with Gasteiger partial charge in [0.15, 0.2) is 0 Å². The average molecular weight is 229 g/mol. The Morgan fingerprint density at radius 1 is 1.18 bits per heavy atom. The molecule has 2 rings (SSSR count). The van der Waals surface area contributed by atoms with Gasteiger partial charge in [0.1, 0.15) is 18.0 Å². The first-order valence-electron chi connectivity index (χ1n) is 5.30. The number of aromatic nitrogens is 2. The first-order chi connectivity index (χ1) is 8.20. The van der Waals surface area contributed by atoms with Crippen molar-refractivity contribution in [2.24, 2.45) is 0 Å². The lowest BCUT2D eigenvalue weighted by molar-refractivity contribution is 1.08. The highest BCUT2D eigenvalue weighted by Gasteiger charge is 2.05. The van der Waals surface area contributed by atoms with E-state index in [-0.39, 0.29) is 0 Å². The number of anilines is 4. The van der Waals surface area contributed by atoms with Crippen LogP contribution in [0.3, 0.4) is 0 Å². The molecule has 0 aliphatic rings. The average Bonchev–Trinajstić information content (AvgIpc) is 2.39. The molecule has 1 heterocycles. The molecule has 0 aliphatic heterocycles. The van der Waals surface area contributed by atoms with E-state index in [2.05, 4.69) is 15.3 Å². The number of hydrogen-bond donors (Lipinski definition) is 2. The van der Waals surface area contributed by atoms with E-state index in [0.29, 0.717) is 0 Å². The van der Waals surface area contributed by atoms with Crippen molar-refractivity contribution in [3.8, 4) is 0 Å². The molecule has 0 atom stereocenters. The second kappa shape index (κ2) is 4.69. The number of nitrogens with zero attached hydrogens (tertiary/aromatic N) is 3. The Bertz CT molecular complexity index is 495. The molecule has 0 aliphatic carbocycles. The molecule has 1 aromatic carbocycles. The number of nitrogens with one attached hydrogen (secondary N) is 1. The molecule has 0 radical (unpaired) electrons.